The van der Waals surface area contributed by atoms with Crippen LogP contribution in [0.25, 0.3) is 0 Å². The number of carbonyl (C=O) groups excluding carboxylic acids is 1. The topological polar surface area (TPSA) is 72.1 Å². The molecule has 0 fully saturated rings. The highest BCUT2D eigenvalue weighted by atomic mass is 16.5. The van der Waals surface area contributed by atoms with Gasteiger partial charge in [-0.05, 0) is 13.0 Å². The fourth-order valence-electron chi connectivity index (χ4n) is 2.28. The van der Waals surface area contributed by atoms with Crippen LogP contribution in [0, 0.1) is 18.3 Å². The average molecular weight is 296 g/mol. The molecule has 0 saturated heterocycles. The molecule has 5 heteroatoms. The number of benzene rings is 1. The van der Waals surface area contributed by atoms with Crippen molar-refractivity contribution in [1.29, 1.82) is 5.26 Å². The highest BCUT2D eigenvalue weighted by Gasteiger charge is 2.15. The van der Waals surface area contributed by atoms with Crippen LogP contribution in [0.1, 0.15) is 27.2 Å². The number of hydrogen-bond acceptors (Lipinski definition) is 4. The summed E-state index contributed by atoms with van der Waals surface area (Å²) in [4.78, 5) is 24.7. The number of aryl methyl sites for hydroxylation is 1. The van der Waals surface area contributed by atoms with Crippen molar-refractivity contribution in [3.05, 3.63) is 69.1 Å². The number of ether oxygens (including phenoxy) is 1. The maximum atomic E-state index is 12.4. The van der Waals surface area contributed by atoms with Crippen LogP contribution in [0.2, 0.25) is 0 Å². The van der Waals surface area contributed by atoms with Gasteiger partial charge in [-0.15, -0.1) is 0 Å². The van der Waals surface area contributed by atoms with Crippen molar-refractivity contribution in [1.82, 2.24) is 4.57 Å². The summed E-state index contributed by atoms with van der Waals surface area (Å²) in [6, 6.07) is 12.4. The zero-order valence-electron chi connectivity index (χ0n) is 12.5. The Labute approximate surface area is 128 Å². The summed E-state index contributed by atoms with van der Waals surface area (Å²) in [6.07, 6.45) is 0. The first-order valence-electron chi connectivity index (χ1n) is 6.79. The van der Waals surface area contributed by atoms with Crippen molar-refractivity contribution >= 4 is 5.78 Å². The number of nitrogens with zero attached hydrogens (tertiary/aromatic N) is 2. The molecule has 0 atom stereocenters. The standard InChI is InChI=1S/C17H16N2O3/c1-12-8-14(11-22-2)15(9-18)17(21)19(12)10-16(20)13-6-4-3-5-7-13/h3-8H,10-11H2,1-2H3. The molecular formula is C17H16N2O3. The van der Waals surface area contributed by atoms with Crippen LogP contribution in [0.4, 0.5) is 0 Å². The highest BCUT2D eigenvalue weighted by molar-refractivity contribution is 5.95. The van der Waals surface area contributed by atoms with Gasteiger partial charge in [-0.1, -0.05) is 30.3 Å². The molecule has 1 heterocycles. The predicted octanol–water partition coefficient (Wildman–Crippen LogP) is 2.06. The fourth-order valence-corrected chi connectivity index (χ4v) is 2.28. The van der Waals surface area contributed by atoms with Gasteiger partial charge in [0.05, 0.1) is 13.2 Å². The van der Waals surface area contributed by atoms with E-state index in [9.17, 15) is 14.9 Å². The number of pyridine rings is 1. The molecule has 0 bridgehead atoms. The Morgan fingerprint density at radius 2 is 2.00 bits per heavy atom. The molecule has 112 valence electrons. The molecule has 0 aliphatic heterocycles. The molecule has 0 amide bonds. The lowest BCUT2D eigenvalue weighted by molar-refractivity contribution is 0.0970. The largest absolute Gasteiger partial charge is 0.380 e. The Bertz CT molecular complexity index is 786. The van der Waals surface area contributed by atoms with E-state index in [1.54, 1.807) is 37.3 Å². The normalized spacial score (nSPS) is 10.2. The number of nitriles is 1. The zero-order chi connectivity index (χ0) is 16.1. The number of Topliss-reactive ketones (excluding diaryl/α,β-unsaturated/α-hetero) is 1. The molecule has 1 aromatic heterocycles. The molecule has 0 saturated carbocycles. The van der Waals surface area contributed by atoms with Crippen LogP contribution >= 0.6 is 0 Å². The van der Waals surface area contributed by atoms with E-state index < -0.39 is 5.56 Å². The summed E-state index contributed by atoms with van der Waals surface area (Å²) >= 11 is 0. The Morgan fingerprint density at radius 1 is 1.32 bits per heavy atom. The van der Waals surface area contributed by atoms with Crippen LogP contribution in [0.3, 0.4) is 0 Å². The predicted molar refractivity (Wildman–Crippen MR) is 81.6 cm³/mol. The van der Waals surface area contributed by atoms with Gasteiger partial charge in [-0.3, -0.25) is 9.59 Å². The Balaban J connectivity index is 2.42. The molecule has 0 N–H and O–H groups in total. The summed E-state index contributed by atoms with van der Waals surface area (Å²) < 4.78 is 6.33. The van der Waals surface area contributed by atoms with Crippen molar-refractivity contribution < 1.29 is 9.53 Å². The summed E-state index contributed by atoms with van der Waals surface area (Å²) in [5.74, 6) is -0.172. The SMILES string of the molecule is COCc1cc(C)n(CC(=O)c2ccccc2)c(=O)c1C#N. The van der Waals surface area contributed by atoms with Crippen LogP contribution < -0.4 is 5.56 Å². The van der Waals surface area contributed by atoms with Gasteiger partial charge < -0.3 is 9.30 Å². The molecule has 5 nitrogen and oxygen atoms in total. The van der Waals surface area contributed by atoms with Gasteiger partial charge in [0.15, 0.2) is 5.78 Å². The summed E-state index contributed by atoms with van der Waals surface area (Å²) in [6.45, 7) is 1.84. The van der Waals surface area contributed by atoms with E-state index in [1.165, 1.54) is 11.7 Å². The highest BCUT2D eigenvalue weighted by Crippen LogP contribution is 2.10. The number of ketones is 1. The van der Waals surface area contributed by atoms with Gasteiger partial charge in [0.25, 0.3) is 5.56 Å². The van der Waals surface area contributed by atoms with E-state index in [0.717, 1.165) is 0 Å². The third-order valence-electron chi connectivity index (χ3n) is 3.40. The first kappa shape index (κ1) is 15.7. The molecule has 0 aliphatic carbocycles. The van der Waals surface area contributed by atoms with E-state index in [1.807, 2.05) is 12.1 Å². The minimum atomic E-state index is -0.459. The van der Waals surface area contributed by atoms with E-state index in [-0.39, 0.29) is 24.5 Å². The molecule has 0 spiro atoms. The molecule has 2 aromatic rings. The second-order valence-electron chi connectivity index (χ2n) is 4.91. The summed E-state index contributed by atoms with van der Waals surface area (Å²) in [7, 11) is 1.50. The van der Waals surface area contributed by atoms with Crippen molar-refractivity contribution in [3.8, 4) is 6.07 Å². The summed E-state index contributed by atoms with van der Waals surface area (Å²) in [5.41, 5.74) is 1.26. The average Bonchev–Trinajstić information content (AvgIpc) is 2.52. The van der Waals surface area contributed by atoms with Crippen LogP contribution in [0.5, 0.6) is 0 Å². The van der Waals surface area contributed by atoms with Crippen molar-refractivity contribution in [3.63, 3.8) is 0 Å². The minimum Gasteiger partial charge on any atom is -0.380 e. The van der Waals surface area contributed by atoms with Gasteiger partial charge in [0, 0.05) is 23.9 Å². The van der Waals surface area contributed by atoms with Gasteiger partial charge in [-0.25, -0.2) is 0 Å². The van der Waals surface area contributed by atoms with Crippen LogP contribution in [-0.4, -0.2) is 17.5 Å². The molecule has 22 heavy (non-hydrogen) atoms. The second kappa shape index (κ2) is 6.83. The molecular weight excluding hydrogens is 280 g/mol. The van der Waals surface area contributed by atoms with Gasteiger partial charge in [-0.2, -0.15) is 5.26 Å². The van der Waals surface area contributed by atoms with E-state index in [4.69, 9.17) is 4.74 Å². The van der Waals surface area contributed by atoms with Crippen LogP contribution in [0.15, 0.2) is 41.2 Å². The first-order chi connectivity index (χ1) is 10.6. The van der Waals surface area contributed by atoms with E-state index in [0.29, 0.717) is 16.8 Å². The minimum absolute atomic E-state index is 0.0216. The number of methoxy groups -OCH3 is 1. The van der Waals surface area contributed by atoms with Crippen LogP contribution in [-0.2, 0) is 17.9 Å². The van der Waals surface area contributed by atoms with E-state index >= 15 is 0 Å². The monoisotopic (exact) mass is 296 g/mol. The Morgan fingerprint density at radius 3 is 2.59 bits per heavy atom. The smallest absolute Gasteiger partial charge is 0.269 e. The number of aromatic nitrogens is 1. The second-order valence-corrected chi connectivity index (χ2v) is 4.91. The number of carbonyl (C=O) groups is 1. The Kier molecular flexibility index (Phi) is 4.87. The lowest BCUT2D eigenvalue weighted by Crippen LogP contribution is -2.29. The van der Waals surface area contributed by atoms with Crippen molar-refractivity contribution in [2.45, 2.75) is 20.1 Å². The van der Waals surface area contributed by atoms with E-state index in [2.05, 4.69) is 0 Å². The molecule has 1 aromatic carbocycles. The third kappa shape index (κ3) is 3.13. The zero-order valence-corrected chi connectivity index (χ0v) is 12.5. The molecule has 0 aliphatic rings. The molecule has 0 radical (unpaired) electrons. The van der Waals surface area contributed by atoms with Gasteiger partial charge in [0.2, 0.25) is 0 Å². The number of rotatable bonds is 5. The maximum absolute atomic E-state index is 12.4. The maximum Gasteiger partial charge on any atom is 0.269 e. The summed E-state index contributed by atoms with van der Waals surface area (Å²) in [5, 5.41) is 9.19. The lowest BCUT2D eigenvalue weighted by atomic mass is 10.1. The molecule has 2 rings (SSSR count). The lowest BCUT2D eigenvalue weighted by Gasteiger charge is -2.12. The fraction of sp³-hybridized carbons (Fsp3) is 0.235. The Hall–Kier alpha value is -2.71. The van der Waals surface area contributed by atoms with Gasteiger partial charge in [0.1, 0.15) is 11.6 Å². The van der Waals surface area contributed by atoms with Gasteiger partial charge >= 0.3 is 0 Å². The third-order valence-corrected chi connectivity index (χ3v) is 3.40. The van der Waals surface area contributed by atoms with Crippen molar-refractivity contribution in [2.75, 3.05) is 7.11 Å². The van der Waals surface area contributed by atoms with Crippen molar-refractivity contribution in [2.24, 2.45) is 0 Å². The number of hydrogen-bond donors (Lipinski definition) is 0. The molecule has 0 unspecified atom stereocenters. The first-order valence-corrected chi connectivity index (χ1v) is 6.79. The quantitative estimate of drug-likeness (QED) is 0.792.